The van der Waals surface area contributed by atoms with E-state index in [0.717, 1.165) is 0 Å². The Kier molecular flexibility index (Phi) is 7.02. The van der Waals surface area contributed by atoms with Crippen LogP contribution in [0.2, 0.25) is 0 Å². The topological polar surface area (TPSA) is 85.2 Å². The highest BCUT2D eigenvalue weighted by atomic mass is 19.4. The van der Waals surface area contributed by atoms with Gasteiger partial charge < -0.3 is 15.4 Å². The number of hydrogen-bond donors (Lipinski definition) is 2. The number of nitrogens with one attached hydrogen (secondary N) is 2. The number of aromatic nitrogens is 2. The molecular formula is C19H23F3N4O3. The first kappa shape index (κ1) is 22.4. The Morgan fingerprint density at radius 3 is 2.45 bits per heavy atom. The van der Waals surface area contributed by atoms with Gasteiger partial charge in [0.2, 0.25) is 0 Å². The van der Waals surface area contributed by atoms with Crippen LogP contribution in [0.4, 0.5) is 18.9 Å². The van der Waals surface area contributed by atoms with E-state index in [-0.39, 0.29) is 11.2 Å². The van der Waals surface area contributed by atoms with Crippen LogP contribution in [0.5, 0.6) is 0 Å². The summed E-state index contributed by atoms with van der Waals surface area (Å²) in [6.07, 6.45) is -1.51. The van der Waals surface area contributed by atoms with Gasteiger partial charge in [0.05, 0.1) is 17.5 Å². The monoisotopic (exact) mass is 412 g/mol. The molecule has 0 radical (unpaired) electrons. The van der Waals surface area contributed by atoms with E-state index in [9.17, 15) is 22.8 Å². The van der Waals surface area contributed by atoms with Crippen LogP contribution in [0, 0.1) is 0 Å². The SMILES string of the molecule is COC(C)(C)CCn1cc(NC(=O)[C@@H](NC(=O)C(F)(F)F)c2ccccc2)cn1. The van der Waals surface area contributed by atoms with Crippen molar-refractivity contribution < 1.29 is 27.5 Å². The molecule has 2 amide bonds. The van der Waals surface area contributed by atoms with Crippen LogP contribution in [0.25, 0.3) is 0 Å². The summed E-state index contributed by atoms with van der Waals surface area (Å²) in [5.74, 6) is -3.01. The Labute approximate surface area is 166 Å². The molecule has 2 aromatic rings. The number of amides is 2. The number of aryl methyl sites for hydroxylation is 1. The van der Waals surface area contributed by atoms with Crippen LogP contribution in [0.3, 0.4) is 0 Å². The minimum absolute atomic E-state index is 0.219. The molecule has 0 aliphatic heterocycles. The molecule has 2 rings (SSSR count). The maximum atomic E-state index is 12.7. The number of carbonyl (C=O) groups excluding carboxylic acids is 2. The minimum Gasteiger partial charge on any atom is -0.379 e. The molecule has 7 nitrogen and oxygen atoms in total. The standard InChI is InChI=1S/C19H23F3N4O3/c1-18(2,29-3)9-10-26-12-14(11-23-26)24-16(27)15(13-7-5-4-6-8-13)25-17(28)19(20,21)22/h4-8,11-12,15H,9-10H2,1-3H3,(H,24,27)(H,25,28)/t15-/m0/s1. The molecule has 0 unspecified atom stereocenters. The summed E-state index contributed by atoms with van der Waals surface area (Å²) >= 11 is 0. The number of benzene rings is 1. The lowest BCUT2D eigenvalue weighted by Crippen LogP contribution is -2.43. The zero-order chi connectivity index (χ0) is 21.7. The van der Waals surface area contributed by atoms with Gasteiger partial charge in [0.1, 0.15) is 6.04 Å². The maximum Gasteiger partial charge on any atom is 0.471 e. The van der Waals surface area contributed by atoms with Crippen LogP contribution in [-0.4, -0.2) is 40.5 Å². The van der Waals surface area contributed by atoms with Crippen LogP contribution < -0.4 is 10.6 Å². The molecule has 158 valence electrons. The Morgan fingerprint density at radius 1 is 1.21 bits per heavy atom. The van der Waals surface area contributed by atoms with Gasteiger partial charge in [-0.15, -0.1) is 0 Å². The first-order chi connectivity index (χ1) is 13.5. The van der Waals surface area contributed by atoms with Gasteiger partial charge in [0.25, 0.3) is 5.91 Å². The molecule has 10 heteroatoms. The number of nitrogens with zero attached hydrogens (tertiary/aromatic N) is 2. The number of carbonyl (C=O) groups is 2. The van der Waals surface area contributed by atoms with Gasteiger partial charge in [-0.25, -0.2) is 0 Å². The molecule has 1 atom stereocenters. The molecule has 0 saturated carbocycles. The quantitative estimate of drug-likeness (QED) is 0.698. The molecule has 29 heavy (non-hydrogen) atoms. The van der Waals surface area contributed by atoms with Crippen LogP contribution in [0.1, 0.15) is 31.9 Å². The first-order valence-electron chi connectivity index (χ1n) is 8.83. The van der Waals surface area contributed by atoms with E-state index in [0.29, 0.717) is 18.7 Å². The molecule has 2 N–H and O–H groups in total. The number of methoxy groups -OCH3 is 1. The average Bonchev–Trinajstić information content (AvgIpc) is 3.11. The number of alkyl halides is 3. The van der Waals surface area contributed by atoms with Gasteiger partial charge in [-0.1, -0.05) is 30.3 Å². The van der Waals surface area contributed by atoms with E-state index in [1.807, 2.05) is 13.8 Å². The molecule has 1 aromatic carbocycles. The van der Waals surface area contributed by atoms with Gasteiger partial charge in [-0.05, 0) is 25.8 Å². The van der Waals surface area contributed by atoms with Crippen LogP contribution in [0.15, 0.2) is 42.7 Å². The Morgan fingerprint density at radius 2 is 1.86 bits per heavy atom. The van der Waals surface area contributed by atoms with Gasteiger partial charge in [0, 0.05) is 19.9 Å². The predicted molar refractivity (Wildman–Crippen MR) is 99.9 cm³/mol. The van der Waals surface area contributed by atoms with Crippen molar-refractivity contribution in [2.75, 3.05) is 12.4 Å². The van der Waals surface area contributed by atoms with E-state index in [4.69, 9.17) is 4.74 Å². The molecule has 0 saturated heterocycles. The van der Waals surface area contributed by atoms with E-state index < -0.39 is 24.0 Å². The normalized spacial score (nSPS) is 13.0. The minimum atomic E-state index is -5.10. The van der Waals surface area contributed by atoms with E-state index in [1.165, 1.54) is 18.3 Å². The maximum absolute atomic E-state index is 12.7. The Bertz CT molecular complexity index is 835. The summed E-state index contributed by atoms with van der Waals surface area (Å²) < 4.78 is 44.9. The number of ether oxygens (including phenoxy) is 1. The molecule has 1 aromatic heterocycles. The second-order valence-electron chi connectivity index (χ2n) is 7.01. The summed E-state index contributed by atoms with van der Waals surface area (Å²) in [6.45, 7) is 4.36. The van der Waals surface area contributed by atoms with Crippen molar-refractivity contribution in [1.29, 1.82) is 0 Å². The van der Waals surface area contributed by atoms with Gasteiger partial charge in [0.15, 0.2) is 0 Å². The molecular weight excluding hydrogens is 389 g/mol. The van der Waals surface area contributed by atoms with Crippen LogP contribution in [-0.2, 0) is 20.9 Å². The summed E-state index contributed by atoms with van der Waals surface area (Å²) in [6, 6.07) is 6.17. The van der Waals surface area contributed by atoms with Gasteiger partial charge in [-0.3, -0.25) is 14.3 Å². The lowest BCUT2D eigenvalue weighted by atomic mass is 10.1. The lowest BCUT2D eigenvalue weighted by Gasteiger charge is -2.22. The molecule has 0 aliphatic carbocycles. The highest BCUT2D eigenvalue weighted by Crippen LogP contribution is 2.21. The van der Waals surface area contributed by atoms with Crippen molar-refractivity contribution in [3.05, 3.63) is 48.3 Å². The van der Waals surface area contributed by atoms with E-state index in [2.05, 4.69) is 10.4 Å². The summed E-state index contributed by atoms with van der Waals surface area (Å²) in [5.41, 5.74) is 0.166. The lowest BCUT2D eigenvalue weighted by molar-refractivity contribution is -0.174. The zero-order valence-electron chi connectivity index (χ0n) is 16.3. The van der Waals surface area contributed by atoms with Crippen LogP contribution >= 0.6 is 0 Å². The number of rotatable bonds is 8. The average molecular weight is 412 g/mol. The third-order valence-electron chi connectivity index (χ3n) is 4.32. The number of halogens is 3. The summed E-state index contributed by atoms with van der Waals surface area (Å²) in [7, 11) is 1.60. The van der Waals surface area contributed by atoms with Gasteiger partial charge in [-0.2, -0.15) is 18.3 Å². The Hall–Kier alpha value is -2.88. The smallest absolute Gasteiger partial charge is 0.379 e. The van der Waals surface area contributed by atoms with Crippen molar-refractivity contribution in [1.82, 2.24) is 15.1 Å². The van der Waals surface area contributed by atoms with Crippen molar-refractivity contribution >= 4 is 17.5 Å². The number of anilines is 1. The largest absolute Gasteiger partial charge is 0.471 e. The first-order valence-corrected chi connectivity index (χ1v) is 8.83. The second kappa shape index (κ2) is 9.08. The highest BCUT2D eigenvalue weighted by Gasteiger charge is 2.41. The molecule has 0 bridgehead atoms. The fraction of sp³-hybridized carbons (Fsp3) is 0.421. The summed E-state index contributed by atoms with van der Waals surface area (Å²) in [5, 5.41) is 8.34. The number of hydrogen-bond acceptors (Lipinski definition) is 4. The fourth-order valence-electron chi connectivity index (χ4n) is 2.41. The van der Waals surface area contributed by atoms with Crippen molar-refractivity contribution in [2.24, 2.45) is 0 Å². The summed E-state index contributed by atoms with van der Waals surface area (Å²) in [4.78, 5) is 24.0. The van der Waals surface area contributed by atoms with Crippen molar-refractivity contribution in [3.8, 4) is 0 Å². The van der Waals surface area contributed by atoms with Crippen molar-refractivity contribution in [3.63, 3.8) is 0 Å². The van der Waals surface area contributed by atoms with Gasteiger partial charge >= 0.3 is 12.1 Å². The third kappa shape index (κ3) is 6.60. The predicted octanol–water partition coefficient (Wildman–Crippen LogP) is 3.06. The third-order valence-corrected chi connectivity index (χ3v) is 4.32. The second-order valence-corrected chi connectivity index (χ2v) is 7.01. The molecule has 0 fully saturated rings. The zero-order valence-corrected chi connectivity index (χ0v) is 16.3. The molecule has 1 heterocycles. The van der Waals surface area contributed by atoms with Crippen molar-refractivity contribution in [2.45, 2.75) is 44.6 Å². The van der Waals surface area contributed by atoms with E-state index in [1.54, 1.807) is 41.5 Å². The molecule has 0 aliphatic rings. The van der Waals surface area contributed by atoms with E-state index >= 15 is 0 Å². The Balaban J connectivity index is 2.11. The highest BCUT2D eigenvalue weighted by molar-refractivity contribution is 5.98. The molecule has 0 spiro atoms. The fourth-order valence-corrected chi connectivity index (χ4v) is 2.41.